The summed E-state index contributed by atoms with van der Waals surface area (Å²) in [6.45, 7) is -0.286. The molecule has 0 atom stereocenters. The van der Waals surface area contributed by atoms with E-state index in [4.69, 9.17) is 5.11 Å². The fraction of sp³-hybridized carbons (Fsp3) is 0.267. The van der Waals surface area contributed by atoms with Gasteiger partial charge in [-0.25, -0.2) is 8.78 Å². The van der Waals surface area contributed by atoms with Crippen LogP contribution in [0.3, 0.4) is 0 Å². The fourth-order valence-electron chi connectivity index (χ4n) is 2.01. The predicted molar refractivity (Wildman–Crippen MR) is 77.8 cm³/mol. The molecule has 0 unspecified atom stereocenters. The number of hydrogen-bond donors (Lipinski definition) is 2. The molecule has 0 saturated heterocycles. The van der Waals surface area contributed by atoms with Gasteiger partial charge in [0.25, 0.3) is 0 Å². The van der Waals surface area contributed by atoms with Crippen molar-refractivity contribution < 1.29 is 23.5 Å². The molecule has 23 heavy (non-hydrogen) atoms. The number of anilines is 1. The molecule has 0 aliphatic carbocycles. The van der Waals surface area contributed by atoms with E-state index < -0.39 is 17.6 Å². The minimum atomic E-state index is -1.03. The highest BCUT2D eigenvalue weighted by molar-refractivity contribution is 5.89. The SMILES string of the molecule is O=C(O)Cn1ccc(NC(=O)CCCc2ccc(F)c(F)c2)n1. The van der Waals surface area contributed by atoms with E-state index in [9.17, 15) is 18.4 Å². The predicted octanol–water partition coefficient (Wildman–Crippen LogP) is 2.21. The number of nitrogens with one attached hydrogen (secondary N) is 1. The number of carboxylic acids is 1. The van der Waals surface area contributed by atoms with Crippen LogP contribution in [0, 0.1) is 11.6 Å². The molecule has 0 fully saturated rings. The number of amides is 1. The first kappa shape index (κ1) is 16.6. The normalized spacial score (nSPS) is 10.5. The van der Waals surface area contributed by atoms with Gasteiger partial charge in [-0.3, -0.25) is 14.3 Å². The molecule has 122 valence electrons. The van der Waals surface area contributed by atoms with Crippen molar-refractivity contribution in [3.63, 3.8) is 0 Å². The first-order chi connectivity index (χ1) is 10.9. The summed E-state index contributed by atoms with van der Waals surface area (Å²) in [4.78, 5) is 22.3. The number of aliphatic carboxylic acids is 1. The number of carbonyl (C=O) groups is 2. The molecule has 2 N–H and O–H groups in total. The lowest BCUT2D eigenvalue weighted by Crippen LogP contribution is -2.13. The van der Waals surface area contributed by atoms with E-state index in [1.165, 1.54) is 23.0 Å². The molecule has 2 aromatic rings. The van der Waals surface area contributed by atoms with Crippen molar-refractivity contribution in [1.82, 2.24) is 9.78 Å². The van der Waals surface area contributed by atoms with Crippen LogP contribution in [0.15, 0.2) is 30.5 Å². The first-order valence-corrected chi connectivity index (χ1v) is 6.93. The average molecular weight is 323 g/mol. The molecule has 1 amide bonds. The van der Waals surface area contributed by atoms with Gasteiger partial charge in [-0.1, -0.05) is 6.07 Å². The highest BCUT2D eigenvalue weighted by Crippen LogP contribution is 2.12. The zero-order valence-corrected chi connectivity index (χ0v) is 12.1. The van der Waals surface area contributed by atoms with E-state index in [-0.39, 0.29) is 24.7 Å². The van der Waals surface area contributed by atoms with E-state index in [1.807, 2.05) is 0 Å². The molecule has 1 heterocycles. The number of halogens is 2. The van der Waals surface area contributed by atoms with E-state index >= 15 is 0 Å². The summed E-state index contributed by atoms with van der Waals surface area (Å²) in [5, 5.41) is 15.1. The highest BCUT2D eigenvalue weighted by Gasteiger charge is 2.08. The maximum atomic E-state index is 13.0. The van der Waals surface area contributed by atoms with E-state index in [0.29, 0.717) is 18.4 Å². The second-order valence-electron chi connectivity index (χ2n) is 4.94. The number of nitrogens with zero attached hydrogens (tertiary/aromatic N) is 2. The van der Waals surface area contributed by atoms with Crippen LogP contribution in [0.2, 0.25) is 0 Å². The summed E-state index contributed by atoms with van der Waals surface area (Å²) >= 11 is 0. The second kappa shape index (κ2) is 7.48. The van der Waals surface area contributed by atoms with Gasteiger partial charge in [0.1, 0.15) is 6.54 Å². The summed E-state index contributed by atoms with van der Waals surface area (Å²) < 4.78 is 27.0. The maximum Gasteiger partial charge on any atom is 0.325 e. The molecular weight excluding hydrogens is 308 g/mol. The van der Waals surface area contributed by atoms with Crippen molar-refractivity contribution in [2.24, 2.45) is 0 Å². The van der Waals surface area contributed by atoms with Gasteiger partial charge >= 0.3 is 5.97 Å². The molecular formula is C15H15F2N3O3. The standard InChI is InChI=1S/C15H15F2N3O3/c16-11-5-4-10(8-12(11)17)2-1-3-14(21)18-13-6-7-20(19-13)9-15(22)23/h4-8H,1-3,9H2,(H,22,23)(H,18,19,21). The third-order valence-electron chi connectivity index (χ3n) is 3.06. The van der Waals surface area contributed by atoms with Crippen molar-refractivity contribution in [2.45, 2.75) is 25.8 Å². The Kier molecular flexibility index (Phi) is 5.40. The van der Waals surface area contributed by atoms with Crippen molar-refractivity contribution in [3.05, 3.63) is 47.7 Å². The van der Waals surface area contributed by atoms with Gasteiger partial charge in [-0.15, -0.1) is 0 Å². The fourth-order valence-corrected chi connectivity index (χ4v) is 2.01. The van der Waals surface area contributed by atoms with Crippen LogP contribution in [0.5, 0.6) is 0 Å². The van der Waals surface area contributed by atoms with E-state index in [1.54, 1.807) is 0 Å². The lowest BCUT2D eigenvalue weighted by molar-refractivity contribution is -0.137. The number of rotatable bonds is 7. The third kappa shape index (κ3) is 5.17. The number of carboxylic acid groups (broad SMARTS) is 1. The van der Waals surface area contributed by atoms with Gasteiger partial charge in [0.15, 0.2) is 17.5 Å². The third-order valence-corrected chi connectivity index (χ3v) is 3.06. The van der Waals surface area contributed by atoms with E-state index in [2.05, 4.69) is 10.4 Å². The van der Waals surface area contributed by atoms with Gasteiger partial charge in [0.2, 0.25) is 5.91 Å². The molecule has 0 aliphatic heterocycles. The van der Waals surface area contributed by atoms with Gasteiger partial charge in [-0.05, 0) is 30.5 Å². The molecule has 0 bridgehead atoms. The minimum absolute atomic E-state index is 0.185. The molecule has 1 aromatic heterocycles. The highest BCUT2D eigenvalue weighted by atomic mass is 19.2. The van der Waals surface area contributed by atoms with Crippen LogP contribution in [0.1, 0.15) is 18.4 Å². The number of carbonyl (C=O) groups excluding carboxylic acids is 1. The van der Waals surface area contributed by atoms with E-state index in [0.717, 1.165) is 12.1 Å². The van der Waals surface area contributed by atoms with Crippen LogP contribution < -0.4 is 5.32 Å². The van der Waals surface area contributed by atoms with Gasteiger partial charge < -0.3 is 10.4 Å². The topological polar surface area (TPSA) is 84.2 Å². The largest absolute Gasteiger partial charge is 0.480 e. The summed E-state index contributed by atoms with van der Waals surface area (Å²) in [5.41, 5.74) is 0.613. The molecule has 0 aliphatic rings. The van der Waals surface area contributed by atoms with Crippen LogP contribution in [-0.4, -0.2) is 26.8 Å². The number of hydrogen-bond acceptors (Lipinski definition) is 3. The van der Waals surface area contributed by atoms with Crippen molar-refractivity contribution in [3.8, 4) is 0 Å². The molecule has 0 saturated carbocycles. The summed E-state index contributed by atoms with van der Waals surface area (Å²) in [7, 11) is 0. The Bertz CT molecular complexity index is 716. The minimum Gasteiger partial charge on any atom is -0.480 e. The van der Waals surface area contributed by atoms with Crippen molar-refractivity contribution in [2.75, 3.05) is 5.32 Å². The Hall–Kier alpha value is -2.77. The van der Waals surface area contributed by atoms with Gasteiger partial charge in [-0.2, -0.15) is 5.10 Å². The Morgan fingerprint density at radius 3 is 2.70 bits per heavy atom. The zero-order valence-electron chi connectivity index (χ0n) is 12.1. The lowest BCUT2D eigenvalue weighted by Gasteiger charge is -2.03. The van der Waals surface area contributed by atoms with Gasteiger partial charge in [0.05, 0.1) is 0 Å². The second-order valence-corrected chi connectivity index (χ2v) is 4.94. The Morgan fingerprint density at radius 2 is 2.00 bits per heavy atom. The van der Waals surface area contributed by atoms with Crippen LogP contribution in [-0.2, 0) is 22.6 Å². The number of aromatic nitrogens is 2. The molecule has 1 aromatic carbocycles. The van der Waals surface area contributed by atoms with Gasteiger partial charge in [0, 0.05) is 18.7 Å². The average Bonchev–Trinajstić information content (AvgIpc) is 2.89. The van der Waals surface area contributed by atoms with Crippen LogP contribution in [0.4, 0.5) is 14.6 Å². The summed E-state index contributed by atoms with van der Waals surface area (Å²) in [6.07, 6.45) is 2.54. The quantitative estimate of drug-likeness (QED) is 0.818. The Labute approximate surface area is 130 Å². The number of aryl methyl sites for hydroxylation is 1. The van der Waals surface area contributed by atoms with Crippen LogP contribution >= 0.6 is 0 Å². The zero-order chi connectivity index (χ0) is 16.8. The Morgan fingerprint density at radius 1 is 1.22 bits per heavy atom. The first-order valence-electron chi connectivity index (χ1n) is 6.93. The molecule has 6 nitrogen and oxygen atoms in total. The lowest BCUT2D eigenvalue weighted by atomic mass is 10.1. The Balaban J connectivity index is 1.77. The van der Waals surface area contributed by atoms with Crippen LogP contribution in [0.25, 0.3) is 0 Å². The summed E-state index contributed by atoms with van der Waals surface area (Å²) in [5.74, 6) is -2.85. The summed E-state index contributed by atoms with van der Waals surface area (Å²) in [6, 6.07) is 5.14. The molecule has 2 rings (SSSR count). The van der Waals surface area contributed by atoms with Crippen molar-refractivity contribution in [1.29, 1.82) is 0 Å². The maximum absolute atomic E-state index is 13.0. The smallest absolute Gasteiger partial charge is 0.325 e. The van der Waals surface area contributed by atoms with Crippen molar-refractivity contribution >= 4 is 17.7 Å². The molecule has 0 spiro atoms. The molecule has 0 radical (unpaired) electrons. The monoisotopic (exact) mass is 323 g/mol. The number of benzene rings is 1. The molecule has 8 heteroatoms.